The Bertz CT molecular complexity index is 1380. The molecule has 190 valence electrons. The summed E-state index contributed by atoms with van der Waals surface area (Å²) in [5, 5.41) is 1.09. The van der Waals surface area contributed by atoms with Gasteiger partial charge < -0.3 is 23.0 Å². The van der Waals surface area contributed by atoms with Crippen LogP contribution in [0.15, 0.2) is 59.4 Å². The highest BCUT2D eigenvalue weighted by Gasteiger charge is 2.29. The van der Waals surface area contributed by atoms with Crippen molar-refractivity contribution in [3.63, 3.8) is 0 Å². The van der Waals surface area contributed by atoms with E-state index in [-0.39, 0.29) is 25.3 Å². The Hall–Kier alpha value is -2.78. The summed E-state index contributed by atoms with van der Waals surface area (Å²) < 4.78 is 6.06. The topological polar surface area (TPSA) is 94.1 Å². The zero-order valence-electron chi connectivity index (χ0n) is 21.2. The number of benzene rings is 2. The van der Waals surface area contributed by atoms with Crippen LogP contribution in [0.5, 0.6) is 0 Å². The van der Waals surface area contributed by atoms with Crippen LogP contribution in [0, 0.1) is 6.92 Å². The lowest BCUT2D eigenvalue weighted by atomic mass is 10.1. The maximum absolute atomic E-state index is 13.7. The lowest BCUT2D eigenvalue weighted by Crippen LogP contribution is -3.00. The van der Waals surface area contributed by atoms with Crippen LogP contribution in [-0.2, 0) is 6.54 Å². The van der Waals surface area contributed by atoms with E-state index in [2.05, 4.69) is 4.37 Å². The molecular formula is C26H29Cl2N5O2S. The van der Waals surface area contributed by atoms with Gasteiger partial charge in [0.05, 0.1) is 23.7 Å². The van der Waals surface area contributed by atoms with Crippen molar-refractivity contribution >= 4 is 39.3 Å². The average Bonchev–Trinajstić information content (AvgIpc) is 3.25. The number of nitrogens with two attached hydrogens (primary N) is 1. The van der Waals surface area contributed by atoms with Crippen LogP contribution in [0.3, 0.4) is 0 Å². The minimum absolute atomic E-state index is 0. The second-order valence-electron chi connectivity index (χ2n) is 8.37. The molecular weight excluding hydrogens is 517 g/mol. The average molecular weight is 547 g/mol. The molecule has 4 aromatic rings. The quantitative estimate of drug-likeness (QED) is 0.346. The molecule has 2 N–H and O–H groups in total. The van der Waals surface area contributed by atoms with E-state index >= 15 is 0 Å². The molecule has 2 aromatic carbocycles. The van der Waals surface area contributed by atoms with Gasteiger partial charge >= 0.3 is 1.43 Å². The molecule has 4 rings (SSSR count). The van der Waals surface area contributed by atoms with Crippen molar-refractivity contribution < 1.29 is 18.6 Å². The fourth-order valence-electron chi connectivity index (χ4n) is 4.22. The summed E-state index contributed by atoms with van der Waals surface area (Å²) in [6.45, 7) is 5.05. The maximum Gasteiger partial charge on any atom is 1.00 e. The Balaban J connectivity index is 0.00000241. The summed E-state index contributed by atoms with van der Waals surface area (Å²) in [7, 11) is 0. The fraction of sp³-hybridized carbons (Fsp3) is 0.308. The SMILES string of the molecule is CCC(c1nc2snc(C)c2c(=O)n1Cc1ccccc1)N(CCCN)C(=O)c1ccc(Cl)cc1.[Cl-].[H+]. The van der Waals surface area contributed by atoms with E-state index in [0.29, 0.717) is 64.8 Å². The number of nitrogens with zero attached hydrogens (tertiary/aromatic N) is 4. The van der Waals surface area contributed by atoms with Gasteiger partial charge in [-0.3, -0.25) is 14.2 Å². The Morgan fingerprint density at radius 2 is 1.89 bits per heavy atom. The zero-order valence-corrected chi connectivity index (χ0v) is 22.5. The van der Waals surface area contributed by atoms with E-state index in [1.165, 1.54) is 11.5 Å². The Labute approximate surface area is 227 Å². The van der Waals surface area contributed by atoms with Crippen molar-refractivity contribution in [3.05, 3.63) is 92.6 Å². The molecule has 1 unspecified atom stereocenters. The third-order valence-electron chi connectivity index (χ3n) is 6.00. The third kappa shape index (κ3) is 5.78. The van der Waals surface area contributed by atoms with Crippen molar-refractivity contribution in [2.24, 2.45) is 5.73 Å². The standard InChI is InChI=1S/C26H28ClN5O2S.ClH/c1-3-21(31(15-7-14-28)25(33)19-10-12-20(27)13-11-19)23-29-24-22(17(2)30-35-24)26(34)32(23)16-18-8-5-4-6-9-18;/h4-6,8-13,21H,3,7,14-16,28H2,1-2H3;1H. The number of hydrogen-bond donors (Lipinski definition) is 1. The second-order valence-corrected chi connectivity index (χ2v) is 9.56. The van der Waals surface area contributed by atoms with Crippen LogP contribution in [0.4, 0.5) is 0 Å². The summed E-state index contributed by atoms with van der Waals surface area (Å²) in [6, 6.07) is 16.2. The summed E-state index contributed by atoms with van der Waals surface area (Å²) in [6.07, 6.45) is 1.20. The lowest BCUT2D eigenvalue weighted by molar-refractivity contribution is -0.0000181. The fourth-order valence-corrected chi connectivity index (χ4v) is 5.12. The normalized spacial score (nSPS) is 11.8. The number of aryl methyl sites for hydroxylation is 1. The third-order valence-corrected chi connectivity index (χ3v) is 7.08. The monoisotopic (exact) mass is 545 g/mol. The first kappa shape index (κ1) is 27.8. The van der Waals surface area contributed by atoms with Gasteiger partial charge in [-0.2, -0.15) is 4.37 Å². The zero-order chi connectivity index (χ0) is 24.9. The maximum atomic E-state index is 13.7. The van der Waals surface area contributed by atoms with Gasteiger partial charge in [0.25, 0.3) is 11.5 Å². The highest BCUT2D eigenvalue weighted by atomic mass is 35.5. The Kier molecular flexibility index (Phi) is 9.62. The molecule has 0 aliphatic rings. The molecule has 0 fully saturated rings. The first-order valence-electron chi connectivity index (χ1n) is 11.6. The molecule has 0 spiro atoms. The van der Waals surface area contributed by atoms with Crippen molar-refractivity contribution in [3.8, 4) is 0 Å². The van der Waals surface area contributed by atoms with Gasteiger partial charge in [0.1, 0.15) is 5.82 Å². The number of carbonyl (C=O) groups is 1. The molecule has 0 aliphatic carbocycles. The van der Waals surface area contributed by atoms with E-state index in [1.54, 1.807) is 33.7 Å². The van der Waals surface area contributed by atoms with E-state index in [4.69, 9.17) is 22.3 Å². The number of aromatic nitrogens is 3. The van der Waals surface area contributed by atoms with Crippen LogP contribution in [0.1, 0.15) is 54.7 Å². The molecule has 0 bridgehead atoms. The van der Waals surface area contributed by atoms with Crippen LogP contribution in [0.2, 0.25) is 5.02 Å². The minimum atomic E-state index is -0.423. The Morgan fingerprint density at radius 1 is 1.19 bits per heavy atom. The molecule has 0 saturated carbocycles. The first-order valence-corrected chi connectivity index (χ1v) is 12.8. The van der Waals surface area contributed by atoms with Gasteiger partial charge in [0.15, 0.2) is 4.83 Å². The molecule has 0 radical (unpaired) electrons. The number of carbonyl (C=O) groups excluding carboxylic acids is 1. The van der Waals surface area contributed by atoms with E-state index in [9.17, 15) is 9.59 Å². The summed E-state index contributed by atoms with van der Waals surface area (Å²) in [4.78, 5) is 34.7. The van der Waals surface area contributed by atoms with E-state index < -0.39 is 6.04 Å². The molecule has 10 heteroatoms. The molecule has 0 saturated heterocycles. The van der Waals surface area contributed by atoms with E-state index in [1.807, 2.05) is 44.2 Å². The molecule has 2 aromatic heterocycles. The molecule has 0 aliphatic heterocycles. The minimum Gasteiger partial charge on any atom is -1.00 e. The molecule has 1 amide bonds. The van der Waals surface area contributed by atoms with Gasteiger partial charge in [0, 0.05) is 17.1 Å². The number of fused-ring (bicyclic) bond motifs is 1. The Morgan fingerprint density at radius 3 is 2.53 bits per heavy atom. The van der Waals surface area contributed by atoms with Crippen LogP contribution >= 0.6 is 23.1 Å². The summed E-state index contributed by atoms with van der Waals surface area (Å²) in [5.74, 6) is 0.403. The van der Waals surface area contributed by atoms with E-state index in [0.717, 1.165) is 5.56 Å². The van der Waals surface area contributed by atoms with Gasteiger partial charge in [-0.25, -0.2) is 4.98 Å². The van der Waals surface area contributed by atoms with Gasteiger partial charge in [-0.15, -0.1) is 0 Å². The van der Waals surface area contributed by atoms with Crippen molar-refractivity contribution in [2.75, 3.05) is 13.1 Å². The van der Waals surface area contributed by atoms with Crippen molar-refractivity contribution in [1.82, 2.24) is 18.8 Å². The van der Waals surface area contributed by atoms with Gasteiger partial charge in [0.2, 0.25) is 0 Å². The van der Waals surface area contributed by atoms with Gasteiger partial charge in [-0.1, -0.05) is 48.9 Å². The second kappa shape index (κ2) is 12.5. The smallest absolute Gasteiger partial charge is 1.00 e. The molecule has 1 atom stereocenters. The van der Waals surface area contributed by atoms with Crippen LogP contribution < -0.4 is 23.7 Å². The molecule has 2 heterocycles. The van der Waals surface area contributed by atoms with Crippen molar-refractivity contribution in [1.29, 1.82) is 0 Å². The summed E-state index contributed by atoms with van der Waals surface area (Å²) >= 11 is 7.25. The number of amides is 1. The summed E-state index contributed by atoms with van der Waals surface area (Å²) in [5.41, 5.74) is 7.84. The van der Waals surface area contributed by atoms with Crippen LogP contribution in [0.25, 0.3) is 10.2 Å². The van der Waals surface area contributed by atoms with Gasteiger partial charge in [-0.05, 0) is 67.7 Å². The first-order chi connectivity index (χ1) is 16.9. The predicted molar refractivity (Wildman–Crippen MR) is 142 cm³/mol. The highest BCUT2D eigenvalue weighted by Crippen LogP contribution is 2.28. The molecule has 7 nitrogen and oxygen atoms in total. The lowest BCUT2D eigenvalue weighted by Gasteiger charge is -2.32. The van der Waals surface area contributed by atoms with Crippen LogP contribution in [-0.4, -0.2) is 37.8 Å². The largest absolute Gasteiger partial charge is 1.00 e. The highest BCUT2D eigenvalue weighted by molar-refractivity contribution is 7.12. The number of rotatable bonds is 9. The molecule has 36 heavy (non-hydrogen) atoms. The van der Waals surface area contributed by atoms with Crippen molar-refractivity contribution in [2.45, 2.75) is 39.3 Å². The number of hydrogen-bond acceptors (Lipinski definition) is 6. The predicted octanol–water partition coefficient (Wildman–Crippen LogP) is 1.92. The number of halogens is 2.